The summed E-state index contributed by atoms with van der Waals surface area (Å²) in [6, 6.07) is 0.0992. The predicted molar refractivity (Wildman–Crippen MR) is 83.5 cm³/mol. The summed E-state index contributed by atoms with van der Waals surface area (Å²) < 4.78 is 27.3. The summed E-state index contributed by atoms with van der Waals surface area (Å²) in [5.41, 5.74) is 6.05. The van der Waals surface area contributed by atoms with Gasteiger partial charge < -0.3 is 15.5 Å². The molecule has 0 aromatic heterocycles. The first-order valence-corrected chi connectivity index (χ1v) is 9.01. The van der Waals surface area contributed by atoms with Gasteiger partial charge in [0.05, 0.1) is 11.3 Å². The number of fused-ring (bicyclic) bond motifs is 1. The third kappa shape index (κ3) is 2.68. The first-order chi connectivity index (χ1) is 10.4. The van der Waals surface area contributed by atoms with E-state index >= 15 is 0 Å². The first kappa shape index (κ1) is 15.2. The van der Waals surface area contributed by atoms with Crippen LogP contribution in [0.4, 0.5) is 0 Å². The summed E-state index contributed by atoms with van der Waals surface area (Å²) in [6.45, 7) is 3.47. The molecule has 2 atom stereocenters. The second-order valence-corrected chi connectivity index (χ2v) is 7.71. The fourth-order valence-corrected chi connectivity index (χ4v) is 4.12. The van der Waals surface area contributed by atoms with Gasteiger partial charge in [0.15, 0.2) is 5.84 Å². The number of carbonyl (C=O) groups is 1. The zero-order valence-corrected chi connectivity index (χ0v) is 13.3. The van der Waals surface area contributed by atoms with Crippen molar-refractivity contribution in [1.29, 1.82) is 0 Å². The molecule has 3 aliphatic heterocycles. The number of amidine groups is 1. The summed E-state index contributed by atoms with van der Waals surface area (Å²) in [7, 11) is -3.49. The van der Waals surface area contributed by atoms with Crippen LogP contribution < -0.4 is 5.73 Å². The quantitative estimate of drug-likeness (QED) is 0.751. The van der Waals surface area contributed by atoms with E-state index in [1.54, 1.807) is 28.2 Å². The second-order valence-electron chi connectivity index (χ2n) is 5.96. The van der Waals surface area contributed by atoms with Crippen molar-refractivity contribution in [1.82, 2.24) is 9.80 Å². The lowest BCUT2D eigenvalue weighted by molar-refractivity contribution is -0.127. The van der Waals surface area contributed by atoms with Crippen molar-refractivity contribution in [2.75, 3.05) is 25.4 Å². The molecule has 0 aliphatic carbocycles. The summed E-state index contributed by atoms with van der Waals surface area (Å²) >= 11 is 0. The molecule has 0 aromatic rings. The zero-order valence-electron chi connectivity index (χ0n) is 12.5. The van der Waals surface area contributed by atoms with Gasteiger partial charge >= 0.3 is 0 Å². The lowest BCUT2D eigenvalue weighted by Crippen LogP contribution is -2.44. The molecule has 0 aromatic carbocycles. The molecule has 3 rings (SSSR count). The molecule has 0 spiro atoms. The normalized spacial score (nSPS) is 29.9. The molecular weight excluding hydrogens is 304 g/mol. The van der Waals surface area contributed by atoms with Gasteiger partial charge in [-0.05, 0) is 38.0 Å². The van der Waals surface area contributed by atoms with Crippen LogP contribution in [0.2, 0.25) is 0 Å². The summed E-state index contributed by atoms with van der Waals surface area (Å²) in [4.78, 5) is 16.3. The van der Waals surface area contributed by atoms with E-state index in [9.17, 15) is 13.2 Å². The molecule has 22 heavy (non-hydrogen) atoms. The molecular formula is C14H20N4O3S. The SMILES string of the molecule is CC1CC(CN)CN1C(=O)C1=CC=CN2CCS(=O)(=O)N=C12. The molecule has 1 fully saturated rings. The van der Waals surface area contributed by atoms with E-state index in [1.807, 2.05) is 6.92 Å². The number of nitrogens with two attached hydrogens (primary N) is 1. The molecule has 1 amide bonds. The van der Waals surface area contributed by atoms with Gasteiger partial charge in [-0.3, -0.25) is 4.79 Å². The van der Waals surface area contributed by atoms with E-state index in [2.05, 4.69) is 4.40 Å². The largest absolute Gasteiger partial charge is 0.335 e. The van der Waals surface area contributed by atoms with Gasteiger partial charge in [0, 0.05) is 25.3 Å². The van der Waals surface area contributed by atoms with Crippen LogP contribution in [0.3, 0.4) is 0 Å². The second kappa shape index (κ2) is 5.51. The van der Waals surface area contributed by atoms with Crippen molar-refractivity contribution in [2.24, 2.45) is 16.0 Å². The Morgan fingerprint density at radius 3 is 2.95 bits per heavy atom. The zero-order chi connectivity index (χ0) is 15.9. The first-order valence-electron chi connectivity index (χ1n) is 7.40. The van der Waals surface area contributed by atoms with Crippen LogP contribution in [0, 0.1) is 5.92 Å². The minimum atomic E-state index is -3.49. The van der Waals surface area contributed by atoms with Gasteiger partial charge in [-0.25, -0.2) is 8.42 Å². The van der Waals surface area contributed by atoms with E-state index in [4.69, 9.17) is 5.73 Å². The fraction of sp³-hybridized carbons (Fsp3) is 0.571. The number of rotatable bonds is 2. The highest BCUT2D eigenvalue weighted by molar-refractivity contribution is 7.90. The molecule has 1 saturated heterocycles. The maximum atomic E-state index is 12.8. The molecule has 0 bridgehead atoms. The molecule has 2 unspecified atom stereocenters. The van der Waals surface area contributed by atoms with E-state index in [-0.39, 0.29) is 23.5 Å². The Bertz CT molecular complexity index is 680. The van der Waals surface area contributed by atoms with Crippen molar-refractivity contribution < 1.29 is 13.2 Å². The monoisotopic (exact) mass is 324 g/mol. The van der Waals surface area contributed by atoms with Gasteiger partial charge in [0.25, 0.3) is 15.9 Å². The van der Waals surface area contributed by atoms with Gasteiger partial charge in [-0.2, -0.15) is 0 Å². The van der Waals surface area contributed by atoms with Crippen LogP contribution in [0.1, 0.15) is 13.3 Å². The molecule has 7 nitrogen and oxygen atoms in total. The molecule has 2 N–H and O–H groups in total. The number of amides is 1. The van der Waals surface area contributed by atoms with Crippen molar-refractivity contribution in [2.45, 2.75) is 19.4 Å². The number of hydrogen-bond acceptors (Lipinski definition) is 5. The molecule has 3 heterocycles. The Morgan fingerprint density at radius 2 is 2.27 bits per heavy atom. The summed E-state index contributed by atoms with van der Waals surface area (Å²) in [5, 5.41) is 0. The van der Waals surface area contributed by atoms with Crippen LogP contribution in [0.25, 0.3) is 0 Å². The maximum Gasteiger partial charge on any atom is 0.257 e. The average Bonchev–Trinajstić information content (AvgIpc) is 2.86. The highest BCUT2D eigenvalue weighted by Crippen LogP contribution is 2.26. The third-order valence-corrected chi connectivity index (χ3v) is 5.49. The summed E-state index contributed by atoms with van der Waals surface area (Å²) in [5.74, 6) is 0.333. The number of sulfonamides is 1. The van der Waals surface area contributed by atoms with Crippen molar-refractivity contribution in [3.63, 3.8) is 0 Å². The Labute approximate surface area is 130 Å². The van der Waals surface area contributed by atoms with Crippen molar-refractivity contribution in [3.05, 3.63) is 23.9 Å². The number of carbonyl (C=O) groups excluding carboxylic acids is 1. The van der Waals surface area contributed by atoms with Crippen LogP contribution in [-0.2, 0) is 14.8 Å². The topological polar surface area (TPSA) is 96.1 Å². The Morgan fingerprint density at radius 1 is 1.50 bits per heavy atom. The third-order valence-electron chi connectivity index (χ3n) is 4.34. The standard InChI is InChI=1S/C14H20N4O3S/c1-10-7-11(8-15)9-18(10)14(19)12-3-2-4-17-5-6-22(20,21)16-13(12)17/h2-4,10-11H,5-9,15H2,1H3. The van der Waals surface area contributed by atoms with Crippen LogP contribution in [0.15, 0.2) is 28.3 Å². The van der Waals surface area contributed by atoms with E-state index in [0.717, 1.165) is 6.42 Å². The van der Waals surface area contributed by atoms with Crippen LogP contribution >= 0.6 is 0 Å². The number of likely N-dealkylation sites (tertiary alicyclic amines) is 1. The van der Waals surface area contributed by atoms with E-state index < -0.39 is 10.0 Å². The van der Waals surface area contributed by atoms with Gasteiger partial charge in [0.2, 0.25) is 0 Å². The highest BCUT2D eigenvalue weighted by atomic mass is 32.2. The van der Waals surface area contributed by atoms with Crippen molar-refractivity contribution in [3.8, 4) is 0 Å². The number of nitrogens with zero attached hydrogens (tertiary/aromatic N) is 3. The maximum absolute atomic E-state index is 12.8. The average molecular weight is 324 g/mol. The van der Waals surface area contributed by atoms with Crippen LogP contribution in [0.5, 0.6) is 0 Å². The van der Waals surface area contributed by atoms with Crippen molar-refractivity contribution >= 4 is 21.8 Å². The smallest absolute Gasteiger partial charge is 0.257 e. The minimum absolute atomic E-state index is 0.0301. The minimum Gasteiger partial charge on any atom is -0.335 e. The molecule has 120 valence electrons. The van der Waals surface area contributed by atoms with E-state index in [1.165, 1.54) is 0 Å². The molecule has 0 saturated carbocycles. The lowest BCUT2D eigenvalue weighted by Gasteiger charge is -2.31. The van der Waals surface area contributed by atoms with Gasteiger partial charge in [0.1, 0.15) is 0 Å². The molecule has 3 aliphatic rings. The highest BCUT2D eigenvalue weighted by Gasteiger charge is 2.37. The number of hydrogen-bond donors (Lipinski definition) is 1. The fourth-order valence-electron chi connectivity index (χ4n) is 3.13. The predicted octanol–water partition coefficient (Wildman–Crippen LogP) is -0.320. The van der Waals surface area contributed by atoms with Gasteiger partial charge in [-0.15, -0.1) is 4.40 Å². The van der Waals surface area contributed by atoms with Gasteiger partial charge in [-0.1, -0.05) is 0 Å². The Kier molecular flexibility index (Phi) is 3.82. The number of allylic oxidation sites excluding steroid dienone is 2. The van der Waals surface area contributed by atoms with Crippen LogP contribution in [-0.4, -0.2) is 61.4 Å². The molecule has 8 heteroatoms. The van der Waals surface area contributed by atoms with E-state index in [0.29, 0.717) is 31.1 Å². The lowest BCUT2D eigenvalue weighted by atomic mass is 10.1. The Hall–Kier alpha value is -1.67. The Balaban J connectivity index is 1.90. The summed E-state index contributed by atoms with van der Waals surface area (Å²) in [6.07, 6.45) is 6.02. The molecule has 0 radical (unpaired) electrons.